The first kappa shape index (κ1) is 27.5. The minimum absolute atomic E-state index is 0.0846. The fourth-order valence-corrected chi connectivity index (χ4v) is 6.59. The molecule has 212 valence electrons. The van der Waals surface area contributed by atoms with Crippen LogP contribution < -0.4 is 5.32 Å². The molecule has 0 saturated carbocycles. The van der Waals surface area contributed by atoms with E-state index in [1.54, 1.807) is 6.08 Å². The highest BCUT2D eigenvalue weighted by molar-refractivity contribution is 8.00. The minimum Gasteiger partial charge on any atom is -0.462 e. The number of thioether (sulfide) groups is 1. The van der Waals surface area contributed by atoms with E-state index in [1.807, 2.05) is 91.0 Å². The van der Waals surface area contributed by atoms with Crippen molar-refractivity contribution in [3.8, 4) is 0 Å². The van der Waals surface area contributed by atoms with Gasteiger partial charge in [0.05, 0.1) is 13.0 Å². The lowest BCUT2D eigenvalue weighted by molar-refractivity contribution is -0.154. The van der Waals surface area contributed by atoms with Crippen molar-refractivity contribution in [2.24, 2.45) is 0 Å². The summed E-state index contributed by atoms with van der Waals surface area (Å²) in [6.07, 6.45) is 1.48. The third kappa shape index (κ3) is 5.60. The highest BCUT2D eigenvalue weighted by atomic mass is 32.2. The Morgan fingerprint density at radius 1 is 0.952 bits per heavy atom. The zero-order valence-corrected chi connectivity index (χ0v) is 23.4. The maximum Gasteiger partial charge on any atom is 0.356 e. The SMILES string of the molecule is O=C(Cc1ccccc1)N[C@@H]1C(=O)N2C(C(=O)OC(c3ccccc3)c3ccccc3)=C(/C=C3\CCOC3=O)CS[C@@H]12. The normalized spacial score (nSPS) is 20.7. The molecule has 2 saturated heterocycles. The fraction of sp³-hybridized carbons (Fsp3) is 0.212. The Balaban J connectivity index is 1.30. The molecule has 9 heteroatoms. The van der Waals surface area contributed by atoms with Gasteiger partial charge in [-0.3, -0.25) is 14.5 Å². The van der Waals surface area contributed by atoms with Gasteiger partial charge < -0.3 is 14.8 Å². The zero-order chi connectivity index (χ0) is 29.1. The third-order valence-corrected chi connectivity index (χ3v) is 8.66. The Bertz CT molecular complexity index is 1530. The van der Waals surface area contributed by atoms with Crippen LogP contribution in [-0.2, 0) is 35.1 Å². The van der Waals surface area contributed by atoms with E-state index in [0.717, 1.165) is 16.7 Å². The first-order chi connectivity index (χ1) is 20.5. The van der Waals surface area contributed by atoms with Gasteiger partial charge in [-0.05, 0) is 28.3 Å². The van der Waals surface area contributed by atoms with Gasteiger partial charge in [0.2, 0.25) is 5.91 Å². The molecule has 3 aliphatic heterocycles. The first-order valence-electron chi connectivity index (χ1n) is 13.7. The topological polar surface area (TPSA) is 102 Å². The Hall–Kier alpha value is -4.63. The van der Waals surface area contributed by atoms with Crippen LogP contribution in [-0.4, -0.2) is 52.4 Å². The van der Waals surface area contributed by atoms with E-state index in [-0.39, 0.29) is 24.6 Å². The van der Waals surface area contributed by atoms with Crippen molar-refractivity contribution in [2.45, 2.75) is 30.4 Å². The van der Waals surface area contributed by atoms with Crippen molar-refractivity contribution in [3.63, 3.8) is 0 Å². The number of β-lactam (4-membered cyclic amide) rings is 1. The van der Waals surface area contributed by atoms with Crippen molar-refractivity contribution in [1.29, 1.82) is 0 Å². The number of nitrogens with one attached hydrogen (secondary N) is 1. The molecule has 3 heterocycles. The van der Waals surface area contributed by atoms with E-state index in [1.165, 1.54) is 16.7 Å². The van der Waals surface area contributed by atoms with E-state index in [9.17, 15) is 19.2 Å². The average Bonchev–Trinajstić information content (AvgIpc) is 3.43. The fourth-order valence-electron chi connectivity index (χ4n) is 5.29. The summed E-state index contributed by atoms with van der Waals surface area (Å²) in [4.78, 5) is 54.0. The summed E-state index contributed by atoms with van der Waals surface area (Å²) >= 11 is 1.43. The molecule has 0 spiro atoms. The average molecular weight is 581 g/mol. The summed E-state index contributed by atoms with van der Waals surface area (Å²) in [6, 6.07) is 27.3. The van der Waals surface area contributed by atoms with Crippen molar-refractivity contribution >= 4 is 35.5 Å². The van der Waals surface area contributed by atoms with Crippen LogP contribution in [0.1, 0.15) is 29.2 Å². The standard InChI is InChI=1S/C33H28N2O6S/c36-26(18-21-10-4-1-5-11-21)34-27-30(37)35-28(25(20-42-31(27)35)19-24-16-17-40-32(24)38)33(39)41-29(22-12-6-2-7-13-22)23-14-8-3-9-15-23/h1-15,19,27,29,31H,16-18,20H2,(H,34,36)/b24-19+/t27-,31+/m1/s1. The molecule has 1 N–H and O–H groups in total. The summed E-state index contributed by atoms with van der Waals surface area (Å²) in [5, 5.41) is 2.36. The third-order valence-electron chi connectivity index (χ3n) is 7.36. The molecular formula is C33H28N2O6S. The second-order valence-electron chi connectivity index (χ2n) is 10.2. The van der Waals surface area contributed by atoms with Gasteiger partial charge in [-0.25, -0.2) is 9.59 Å². The van der Waals surface area contributed by atoms with Crippen LogP contribution in [0.4, 0.5) is 0 Å². The van der Waals surface area contributed by atoms with E-state index in [0.29, 0.717) is 23.3 Å². The highest BCUT2D eigenvalue weighted by Crippen LogP contribution is 2.42. The summed E-state index contributed by atoms with van der Waals surface area (Å²) in [7, 11) is 0. The van der Waals surface area contributed by atoms with E-state index in [4.69, 9.17) is 9.47 Å². The van der Waals surface area contributed by atoms with Crippen LogP contribution in [0.25, 0.3) is 0 Å². The largest absolute Gasteiger partial charge is 0.462 e. The molecule has 0 aromatic heterocycles. The molecule has 2 fully saturated rings. The van der Waals surface area contributed by atoms with Gasteiger partial charge in [-0.2, -0.15) is 0 Å². The molecule has 0 unspecified atom stereocenters. The summed E-state index contributed by atoms with van der Waals surface area (Å²) in [6.45, 7) is 0.274. The van der Waals surface area contributed by atoms with Crippen LogP contribution in [0, 0.1) is 0 Å². The molecular weight excluding hydrogens is 552 g/mol. The molecule has 3 aromatic carbocycles. The number of benzene rings is 3. The lowest BCUT2D eigenvalue weighted by atomic mass is 9.99. The molecule has 0 aliphatic carbocycles. The van der Waals surface area contributed by atoms with Gasteiger partial charge in [0.15, 0.2) is 6.10 Å². The molecule has 3 aromatic rings. The molecule has 42 heavy (non-hydrogen) atoms. The van der Waals surface area contributed by atoms with Gasteiger partial charge in [0.1, 0.15) is 17.1 Å². The lowest BCUT2D eigenvalue weighted by Crippen LogP contribution is -2.70. The quantitative estimate of drug-likeness (QED) is 0.243. The number of cyclic esters (lactones) is 1. The van der Waals surface area contributed by atoms with Gasteiger partial charge in [-0.1, -0.05) is 91.0 Å². The first-order valence-corrected chi connectivity index (χ1v) is 14.7. The molecule has 2 atom stereocenters. The monoisotopic (exact) mass is 580 g/mol. The number of nitrogens with zero attached hydrogens (tertiary/aromatic N) is 1. The number of esters is 2. The number of allylic oxidation sites excluding steroid dienone is 1. The van der Waals surface area contributed by atoms with E-state index >= 15 is 0 Å². The second-order valence-corrected chi connectivity index (χ2v) is 11.3. The number of hydrogen-bond donors (Lipinski definition) is 1. The number of fused-ring (bicyclic) bond motifs is 1. The molecule has 2 amide bonds. The van der Waals surface area contributed by atoms with Crippen molar-refractivity contribution in [1.82, 2.24) is 10.2 Å². The highest BCUT2D eigenvalue weighted by Gasteiger charge is 2.54. The van der Waals surface area contributed by atoms with Crippen LogP contribution >= 0.6 is 11.8 Å². The van der Waals surface area contributed by atoms with Crippen molar-refractivity contribution in [2.75, 3.05) is 12.4 Å². The van der Waals surface area contributed by atoms with E-state index < -0.39 is 35.4 Å². The van der Waals surface area contributed by atoms with Crippen LogP contribution in [0.3, 0.4) is 0 Å². The molecule has 6 rings (SSSR count). The van der Waals surface area contributed by atoms with Gasteiger partial charge >= 0.3 is 11.9 Å². The van der Waals surface area contributed by atoms with Gasteiger partial charge in [0.25, 0.3) is 5.91 Å². The number of rotatable bonds is 8. The lowest BCUT2D eigenvalue weighted by Gasteiger charge is -2.49. The molecule has 8 nitrogen and oxygen atoms in total. The predicted molar refractivity (Wildman–Crippen MR) is 157 cm³/mol. The van der Waals surface area contributed by atoms with Crippen LogP contribution in [0.5, 0.6) is 0 Å². The summed E-state index contributed by atoms with van der Waals surface area (Å²) in [5.41, 5.74) is 3.43. The number of carbonyl (C=O) groups excluding carboxylic acids is 4. The summed E-state index contributed by atoms with van der Waals surface area (Å²) < 4.78 is 11.2. The van der Waals surface area contributed by atoms with Gasteiger partial charge in [-0.15, -0.1) is 11.8 Å². The minimum atomic E-state index is -0.779. The van der Waals surface area contributed by atoms with Crippen molar-refractivity contribution in [3.05, 3.63) is 131 Å². The number of carbonyl (C=O) groups is 4. The Kier molecular flexibility index (Phi) is 7.92. The Morgan fingerprint density at radius 2 is 1.57 bits per heavy atom. The number of amides is 2. The predicted octanol–water partition coefficient (Wildman–Crippen LogP) is 4.09. The number of hydrogen-bond acceptors (Lipinski definition) is 7. The second kappa shape index (κ2) is 12.1. The maximum absolute atomic E-state index is 14.0. The Morgan fingerprint density at radius 3 is 2.17 bits per heavy atom. The van der Waals surface area contributed by atoms with Crippen LogP contribution in [0.2, 0.25) is 0 Å². The maximum atomic E-state index is 14.0. The molecule has 0 radical (unpaired) electrons. The molecule has 3 aliphatic rings. The van der Waals surface area contributed by atoms with Crippen LogP contribution in [0.15, 0.2) is 114 Å². The summed E-state index contributed by atoms with van der Waals surface area (Å²) in [5.74, 6) is -1.44. The number of ether oxygens (including phenoxy) is 2. The smallest absolute Gasteiger partial charge is 0.356 e. The van der Waals surface area contributed by atoms with E-state index in [2.05, 4.69) is 5.32 Å². The molecule has 0 bridgehead atoms. The van der Waals surface area contributed by atoms with Crippen molar-refractivity contribution < 1.29 is 28.7 Å². The van der Waals surface area contributed by atoms with Gasteiger partial charge in [0, 0.05) is 17.7 Å². The zero-order valence-electron chi connectivity index (χ0n) is 22.6. The Labute approximate surface area is 247 Å².